The third-order valence-electron chi connectivity index (χ3n) is 5.09. The normalized spacial score (nSPS) is 15.9. The van der Waals surface area contributed by atoms with Gasteiger partial charge in [0.15, 0.2) is 5.96 Å². The van der Waals surface area contributed by atoms with Crippen LogP contribution in [0, 0.1) is 0 Å². The monoisotopic (exact) mass is 496 g/mol. The van der Waals surface area contributed by atoms with Crippen molar-refractivity contribution in [1.29, 1.82) is 0 Å². The first-order valence-corrected chi connectivity index (χ1v) is 9.94. The molecule has 0 atom stereocenters. The van der Waals surface area contributed by atoms with Crippen LogP contribution in [-0.4, -0.2) is 53.4 Å². The minimum Gasteiger partial charge on any atom is -0.356 e. The second-order valence-electron chi connectivity index (χ2n) is 7.31. The van der Waals surface area contributed by atoms with Gasteiger partial charge >= 0.3 is 0 Å². The molecule has 2 N–H and O–H groups in total. The van der Waals surface area contributed by atoms with Crippen LogP contribution in [0.1, 0.15) is 30.4 Å². The van der Waals surface area contributed by atoms with Gasteiger partial charge in [-0.3, -0.25) is 14.6 Å². The van der Waals surface area contributed by atoms with Gasteiger partial charge in [-0.15, -0.1) is 24.0 Å². The molecule has 1 aromatic heterocycles. The molecule has 7 heteroatoms. The number of aromatic nitrogens is 2. The van der Waals surface area contributed by atoms with Gasteiger partial charge in [0.1, 0.15) is 0 Å². The third-order valence-corrected chi connectivity index (χ3v) is 5.09. The number of hydrogen-bond donors (Lipinski definition) is 2. The predicted octanol–water partition coefficient (Wildman–Crippen LogP) is 2.80. The van der Waals surface area contributed by atoms with E-state index in [0.29, 0.717) is 6.04 Å². The van der Waals surface area contributed by atoms with Gasteiger partial charge in [0.25, 0.3) is 0 Å². The third kappa shape index (κ3) is 7.43. The molecule has 0 spiro atoms. The number of benzene rings is 1. The summed E-state index contributed by atoms with van der Waals surface area (Å²) in [7, 11) is 3.81. The Morgan fingerprint density at radius 1 is 1.18 bits per heavy atom. The Bertz CT molecular complexity index is 707. The van der Waals surface area contributed by atoms with Crippen molar-refractivity contribution in [3.05, 3.63) is 53.9 Å². The zero-order chi connectivity index (χ0) is 18.9. The lowest BCUT2D eigenvalue weighted by Gasteiger charge is -2.33. The average Bonchev–Trinajstić information content (AvgIpc) is 3.11. The summed E-state index contributed by atoms with van der Waals surface area (Å²) in [6.45, 7) is 4.23. The lowest BCUT2D eigenvalue weighted by molar-refractivity contribution is 0.198. The fourth-order valence-corrected chi connectivity index (χ4v) is 3.57. The minimum absolute atomic E-state index is 0. The summed E-state index contributed by atoms with van der Waals surface area (Å²) in [4.78, 5) is 6.92. The molecule has 2 aromatic rings. The molecule has 28 heavy (non-hydrogen) atoms. The van der Waals surface area contributed by atoms with Crippen molar-refractivity contribution in [1.82, 2.24) is 25.3 Å². The van der Waals surface area contributed by atoms with Crippen molar-refractivity contribution in [3.63, 3.8) is 0 Å². The van der Waals surface area contributed by atoms with Gasteiger partial charge in [-0.1, -0.05) is 30.3 Å². The molecule has 6 nitrogen and oxygen atoms in total. The smallest absolute Gasteiger partial charge is 0.191 e. The second kappa shape index (κ2) is 12.1. The van der Waals surface area contributed by atoms with Crippen LogP contribution in [0.3, 0.4) is 0 Å². The number of rotatable bonds is 7. The second-order valence-corrected chi connectivity index (χ2v) is 7.31. The lowest BCUT2D eigenvalue weighted by Crippen LogP contribution is -2.48. The number of nitrogens with zero attached hydrogens (tertiary/aromatic N) is 4. The van der Waals surface area contributed by atoms with Crippen LogP contribution < -0.4 is 10.6 Å². The van der Waals surface area contributed by atoms with Crippen molar-refractivity contribution < 1.29 is 0 Å². The SMILES string of the molecule is CN=C(NCCCc1cnn(C)c1)NC1CCN(Cc2ccccc2)CC1.I. The van der Waals surface area contributed by atoms with Crippen molar-refractivity contribution in [2.24, 2.45) is 12.0 Å². The van der Waals surface area contributed by atoms with E-state index in [9.17, 15) is 0 Å². The summed E-state index contributed by atoms with van der Waals surface area (Å²) in [6.07, 6.45) is 8.44. The standard InChI is InChI=1S/C21H32N6.HI/c1-22-21(23-12-6-9-19-15-24-26(2)16-19)25-20-10-13-27(14-11-20)17-18-7-4-3-5-8-18;/h3-5,7-8,15-16,20H,6,9-14,17H2,1-2H3,(H2,22,23,25);1H. The largest absolute Gasteiger partial charge is 0.356 e. The van der Waals surface area contributed by atoms with E-state index >= 15 is 0 Å². The molecular weight excluding hydrogens is 463 g/mol. The summed E-state index contributed by atoms with van der Waals surface area (Å²) in [5.41, 5.74) is 2.68. The van der Waals surface area contributed by atoms with Gasteiger partial charge in [0.2, 0.25) is 0 Å². The molecular formula is C21H33IN6. The zero-order valence-electron chi connectivity index (χ0n) is 17.0. The summed E-state index contributed by atoms with van der Waals surface area (Å²) in [5, 5.41) is 11.2. The van der Waals surface area contributed by atoms with Crippen molar-refractivity contribution in [2.75, 3.05) is 26.7 Å². The Labute approximate surface area is 185 Å². The van der Waals surface area contributed by atoms with Crippen LogP contribution in [0.2, 0.25) is 0 Å². The number of piperidine rings is 1. The van der Waals surface area contributed by atoms with Crippen LogP contribution >= 0.6 is 24.0 Å². The zero-order valence-corrected chi connectivity index (χ0v) is 19.3. The Morgan fingerprint density at radius 3 is 2.57 bits per heavy atom. The van der Waals surface area contributed by atoms with Gasteiger partial charge in [-0.2, -0.15) is 5.10 Å². The van der Waals surface area contributed by atoms with E-state index in [0.717, 1.165) is 57.8 Å². The van der Waals surface area contributed by atoms with Crippen LogP contribution in [0.5, 0.6) is 0 Å². The first kappa shape index (κ1) is 22.7. The molecule has 0 saturated carbocycles. The number of halogens is 1. The van der Waals surface area contributed by atoms with Gasteiger partial charge in [0.05, 0.1) is 6.20 Å². The molecule has 2 heterocycles. The van der Waals surface area contributed by atoms with E-state index in [4.69, 9.17) is 0 Å². The molecule has 3 rings (SSSR count). The maximum atomic E-state index is 4.38. The average molecular weight is 496 g/mol. The Kier molecular flexibility index (Phi) is 9.77. The van der Waals surface area contributed by atoms with Crippen LogP contribution in [0.25, 0.3) is 0 Å². The molecule has 1 fully saturated rings. The highest BCUT2D eigenvalue weighted by molar-refractivity contribution is 14.0. The van der Waals surface area contributed by atoms with Crippen molar-refractivity contribution >= 4 is 29.9 Å². The number of aliphatic imine (C=N–C) groups is 1. The highest BCUT2D eigenvalue weighted by Gasteiger charge is 2.19. The highest BCUT2D eigenvalue weighted by Crippen LogP contribution is 2.13. The van der Waals surface area contributed by atoms with Crippen LogP contribution in [0.4, 0.5) is 0 Å². The van der Waals surface area contributed by atoms with Crippen molar-refractivity contribution in [2.45, 2.75) is 38.3 Å². The first-order valence-electron chi connectivity index (χ1n) is 9.94. The summed E-state index contributed by atoms with van der Waals surface area (Å²) in [6, 6.07) is 11.2. The van der Waals surface area contributed by atoms with E-state index < -0.39 is 0 Å². The first-order chi connectivity index (χ1) is 13.2. The van der Waals surface area contributed by atoms with Crippen LogP contribution in [0.15, 0.2) is 47.7 Å². The number of aryl methyl sites for hydroxylation is 2. The van der Waals surface area contributed by atoms with Gasteiger partial charge in [-0.05, 0) is 36.8 Å². The molecule has 1 aliphatic rings. The molecule has 1 aliphatic heterocycles. The predicted molar refractivity (Wildman–Crippen MR) is 126 cm³/mol. The lowest BCUT2D eigenvalue weighted by atomic mass is 10.0. The molecule has 0 unspecified atom stereocenters. The summed E-state index contributed by atoms with van der Waals surface area (Å²) < 4.78 is 1.85. The summed E-state index contributed by atoms with van der Waals surface area (Å²) >= 11 is 0. The number of likely N-dealkylation sites (tertiary alicyclic amines) is 1. The minimum atomic E-state index is 0. The van der Waals surface area contributed by atoms with E-state index in [-0.39, 0.29) is 24.0 Å². The molecule has 0 aliphatic carbocycles. The van der Waals surface area contributed by atoms with E-state index in [1.807, 2.05) is 25.0 Å². The van der Waals surface area contributed by atoms with Gasteiger partial charge in [0, 0.05) is 52.5 Å². The van der Waals surface area contributed by atoms with E-state index in [1.54, 1.807) is 0 Å². The molecule has 0 bridgehead atoms. The van der Waals surface area contributed by atoms with E-state index in [1.165, 1.54) is 11.1 Å². The number of hydrogen-bond acceptors (Lipinski definition) is 3. The molecule has 0 amide bonds. The molecule has 1 saturated heterocycles. The maximum absolute atomic E-state index is 4.38. The molecule has 154 valence electrons. The van der Waals surface area contributed by atoms with Crippen molar-refractivity contribution in [3.8, 4) is 0 Å². The fraction of sp³-hybridized carbons (Fsp3) is 0.524. The van der Waals surface area contributed by atoms with Gasteiger partial charge < -0.3 is 10.6 Å². The molecule has 1 aromatic carbocycles. The topological polar surface area (TPSA) is 57.5 Å². The Hall–Kier alpha value is -1.61. The Balaban J connectivity index is 0.00000280. The van der Waals surface area contributed by atoms with Crippen LogP contribution in [-0.2, 0) is 20.0 Å². The summed E-state index contributed by atoms with van der Waals surface area (Å²) in [5.74, 6) is 0.919. The van der Waals surface area contributed by atoms with Gasteiger partial charge in [-0.25, -0.2) is 0 Å². The quantitative estimate of drug-likeness (QED) is 0.268. The number of nitrogens with one attached hydrogen (secondary N) is 2. The highest BCUT2D eigenvalue weighted by atomic mass is 127. The maximum Gasteiger partial charge on any atom is 0.191 e. The fourth-order valence-electron chi connectivity index (χ4n) is 3.57. The Morgan fingerprint density at radius 2 is 1.93 bits per heavy atom. The number of guanidine groups is 1. The van der Waals surface area contributed by atoms with E-state index in [2.05, 4.69) is 62.2 Å². The molecule has 0 radical (unpaired) electrons.